The molecule has 4 nitrogen and oxygen atoms in total. The summed E-state index contributed by atoms with van der Waals surface area (Å²) in [5, 5.41) is 13.9. The van der Waals surface area contributed by atoms with Gasteiger partial charge in [0.1, 0.15) is 0 Å². The number of fused-ring (bicyclic) bond motifs is 1. The molecule has 0 fully saturated rings. The maximum absolute atomic E-state index is 10.1. The second-order valence-corrected chi connectivity index (χ2v) is 6.10. The Bertz CT molecular complexity index is 913. The average Bonchev–Trinajstić information content (AvgIpc) is 3.13. The van der Waals surface area contributed by atoms with Gasteiger partial charge < -0.3 is 10.4 Å². The Balaban J connectivity index is 1.64. The molecule has 0 unspecified atom stereocenters. The van der Waals surface area contributed by atoms with Crippen LogP contribution in [0.4, 0.5) is 16.5 Å². The SMILES string of the molecule is Oc1nc(Nc2ccccc2)sc1/C=C1/C=Nc2ccccc21. The Hall–Kier alpha value is -2.92. The largest absolute Gasteiger partial charge is 0.492 e. The summed E-state index contributed by atoms with van der Waals surface area (Å²) in [5.74, 6) is 0.0266. The first-order valence-electron chi connectivity index (χ1n) is 7.16. The van der Waals surface area contributed by atoms with E-state index in [4.69, 9.17) is 0 Å². The molecule has 2 aromatic carbocycles. The fourth-order valence-corrected chi connectivity index (χ4v) is 3.24. The van der Waals surface area contributed by atoms with E-state index in [1.165, 1.54) is 11.3 Å². The molecule has 0 atom stereocenters. The molecular formula is C18H13N3OS. The summed E-state index contributed by atoms with van der Waals surface area (Å²) in [6, 6.07) is 17.7. The van der Waals surface area contributed by atoms with E-state index in [1.54, 1.807) is 0 Å². The van der Waals surface area contributed by atoms with Crippen LogP contribution in [0.5, 0.6) is 5.88 Å². The van der Waals surface area contributed by atoms with Gasteiger partial charge in [-0.2, -0.15) is 4.98 Å². The highest BCUT2D eigenvalue weighted by atomic mass is 32.1. The number of para-hydroxylation sites is 2. The maximum atomic E-state index is 10.1. The molecule has 1 aliphatic rings. The molecule has 1 aliphatic heterocycles. The van der Waals surface area contributed by atoms with Crippen LogP contribution in [0.15, 0.2) is 59.6 Å². The molecule has 0 spiro atoms. The van der Waals surface area contributed by atoms with Gasteiger partial charge in [0.25, 0.3) is 0 Å². The van der Waals surface area contributed by atoms with Gasteiger partial charge in [-0.1, -0.05) is 47.7 Å². The van der Waals surface area contributed by atoms with Crippen LogP contribution in [0.3, 0.4) is 0 Å². The highest BCUT2D eigenvalue weighted by Crippen LogP contribution is 2.36. The Kier molecular flexibility index (Phi) is 3.40. The Morgan fingerprint density at radius 2 is 1.78 bits per heavy atom. The minimum atomic E-state index is 0.0266. The number of allylic oxidation sites excluding steroid dienone is 1. The minimum absolute atomic E-state index is 0.0266. The predicted molar refractivity (Wildman–Crippen MR) is 96.0 cm³/mol. The molecule has 0 aliphatic carbocycles. The zero-order valence-electron chi connectivity index (χ0n) is 12.1. The van der Waals surface area contributed by atoms with Crippen LogP contribution in [-0.4, -0.2) is 16.3 Å². The highest BCUT2D eigenvalue weighted by molar-refractivity contribution is 7.16. The van der Waals surface area contributed by atoms with Crippen LogP contribution in [0.2, 0.25) is 0 Å². The first-order valence-corrected chi connectivity index (χ1v) is 7.98. The molecule has 2 heterocycles. The van der Waals surface area contributed by atoms with E-state index in [0.717, 1.165) is 22.5 Å². The van der Waals surface area contributed by atoms with Crippen molar-refractivity contribution >= 4 is 45.7 Å². The summed E-state index contributed by atoms with van der Waals surface area (Å²) >= 11 is 1.41. The Morgan fingerprint density at radius 3 is 2.65 bits per heavy atom. The van der Waals surface area contributed by atoms with E-state index in [0.29, 0.717) is 10.0 Å². The molecule has 4 rings (SSSR count). The number of thiazole rings is 1. The van der Waals surface area contributed by atoms with Gasteiger partial charge in [0.15, 0.2) is 5.13 Å². The molecule has 5 heteroatoms. The van der Waals surface area contributed by atoms with Crippen LogP contribution in [0, 0.1) is 0 Å². The van der Waals surface area contributed by atoms with Crippen molar-refractivity contribution in [1.29, 1.82) is 0 Å². The summed E-state index contributed by atoms with van der Waals surface area (Å²) in [7, 11) is 0. The van der Waals surface area contributed by atoms with Gasteiger partial charge in [-0.25, -0.2) is 0 Å². The molecule has 0 saturated heterocycles. The first kappa shape index (κ1) is 13.7. The quantitative estimate of drug-likeness (QED) is 0.725. The number of aromatic nitrogens is 1. The molecule has 1 aromatic heterocycles. The third-order valence-corrected chi connectivity index (χ3v) is 4.41. The fourth-order valence-electron chi connectivity index (χ4n) is 2.41. The van der Waals surface area contributed by atoms with Crippen LogP contribution in [0.1, 0.15) is 10.4 Å². The highest BCUT2D eigenvalue weighted by Gasteiger charge is 2.14. The molecule has 23 heavy (non-hydrogen) atoms. The number of hydrogen-bond donors (Lipinski definition) is 2. The molecular weight excluding hydrogens is 306 g/mol. The molecule has 0 bridgehead atoms. The summed E-state index contributed by atoms with van der Waals surface area (Å²) in [4.78, 5) is 9.26. The lowest BCUT2D eigenvalue weighted by atomic mass is 10.1. The van der Waals surface area contributed by atoms with Crippen molar-refractivity contribution in [2.24, 2.45) is 4.99 Å². The zero-order valence-corrected chi connectivity index (χ0v) is 12.9. The summed E-state index contributed by atoms with van der Waals surface area (Å²) in [6.45, 7) is 0. The lowest BCUT2D eigenvalue weighted by Gasteiger charge is -2.00. The third kappa shape index (κ3) is 2.74. The second-order valence-electron chi connectivity index (χ2n) is 5.07. The number of hydrogen-bond acceptors (Lipinski definition) is 5. The smallest absolute Gasteiger partial charge is 0.231 e. The lowest BCUT2D eigenvalue weighted by molar-refractivity contribution is 0.457. The van der Waals surface area contributed by atoms with E-state index >= 15 is 0 Å². The van der Waals surface area contributed by atoms with Gasteiger partial charge in [0.2, 0.25) is 5.88 Å². The number of aromatic hydroxyl groups is 1. The van der Waals surface area contributed by atoms with E-state index in [2.05, 4.69) is 15.3 Å². The van der Waals surface area contributed by atoms with Crippen molar-refractivity contribution in [3.05, 3.63) is 65.0 Å². The molecule has 0 saturated carbocycles. The minimum Gasteiger partial charge on any atom is -0.492 e. The second kappa shape index (κ2) is 5.70. The van der Waals surface area contributed by atoms with Gasteiger partial charge in [0.05, 0.1) is 10.6 Å². The third-order valence-electron chi connectivity index (χ3n) is 3.50. The van der Waals surface area contributed by atoms with E-state index in [-0.39, 0.29) is 5.88 Å². The number of benzene rings is 2. The van der Waals surface area contributed by atoms with Gasteiger partial charge in [0, 0.05) is 23.0 Å². The van der Waals surface area contributed by atoms with Crippen molar-refractivity contribution in [2.75, 3.05) is 5.32 Å². The monoisotopic (exact) mass is 319 g/mol. The normalized spacial score (nSPS) is 14.2. The van der Waals surface area contributed by atoms with Gasteiger partial charge in [-0.15, -0.1) is 0 Å². The number of anilines is 2. The number of nitrogens with zero attached hydrogens (tertiary/aromatic N) is 2. The first-order chi connectivity index (χ1) is 11.3. The molecule has 3 aromatic rings. The van der Waals surface area contributed by atoms with E-state index < -0.39 is 0 Å². The van der Waals surface area contributed by atoms with Gasteiger partial charge >= 0.3 is 0 Å². The van der Waals surface area contributed by atoms with Crippen LogP contribution >= 0.6 is 11.3 Å². The van der Waals surface area contributed by atoms with Crippen LogP contribution in [0.25, 0.3) is 11.6 Å². The molecule has 112 valence electrons. The summed E-state index contributed by atoms with van der Waals surface area (Å²) in [5.41, 5.74) is 3.93. The molecule has 0 radical (unpaired) electrons. The number of rotatable bonds is 3. The molecule has 2 N–H and O–H groups in total. The number of aliphatic imine (C=N–C) groups is 1. The van der Waals surface area contributed by atoms with Crippen molar-refractivity contribution in [1.82, 2.24) is 4.98 Å². The van der Waals surface area contributed by atoms with Crippen LogP contribution < -0.4 is 5.32 Å². The Morgan fingerprint density at radius 1 is 1.00 bits per heavy atom. The maximum Gasteiger partial charge on any atom is 0.231 e. The van der Waals surface area contributed by atoms with Gasteiger partial charge in [-0.05, 0) is 24.3 Å². The lowest BCUT2D eigenvalue weighted by Crippen LogP contribution is -1.87. The van der Waals surface area contributed by atoms with Crippen molar-refractivity contribution in [3.8, 4) is 5.88 Å². The average molecular weight is 319 g/mol. The van der Waals surface area contributed by atoms with Crippen molar-refractivity contribution in [2.45, 2.75) is 0 Å². The zero-order chi connectivity index (χ0) is 15.6. The molecule has 0 amide bonds. The van der Waals surface area contributed by atoms with Crippen molar-refractivity contribution in [3.63, 3.8) is 0 Å². The van der Waals surface area contributed by atoms with E-state index in [1.807, 2.05) is 66.9 Å². The summed E-state index contributed by atoms with van der Waals surface area (Å²) in [6.07, 6.45) is 3.73. The van der Waals surface area contributed by atoms with Crippen molar-refractivity contribution < 1.29 is 5.11 Å². The van der Waals surface area contributed by atoms with E-state index in [9.17, 15) is 5.11 Å². The summed E-state index contributed by atoms with van der Waals surface area (Å²) < 4.78 is 0. The fraction of sp³-hybridized carbons (Fsp3) is 0. The standard InChI is InChI=1S/C18H13N3OS/c22-17-16(10-12-11-19-15-9-5-4-8-14(12)15)23-18(21-17)20-13-6-2-1-3-7-13/h1-11,22H,(H,20,21)/b12-10-. The van der Waals surface area contributed by atoms with Crippen LogP contribution in [-0.2, 0) is 0 Å². The number of nitrogens with one attached hydrogen (secondary N) is 1. The topological polar surface area (TPSA) is 57.5 Å². The van der Waals surface area contributed by atoms with Gasteiger partial charge in [-0.3, -0.25) is 4.99 Å². The predicted octanol–water partition coefficient (Wildman–Crippen LogP) is 4.85. The Labute approximate surface area is 137 Å².